The first kappa shape index (κ1) is 24.1. The predicted molar refractivity (Wildman–Crippen MR) is 126 cm³/mol. The number of ether oxygens (including phenoxy) is 2. The van der Waals surface area contributed by atoms with Crippen LogP contribution in [0.25, 0.3) is 0 Å². The molecule has 1 fully saturated rings. The molecule has 0 radical (unpaired) electrons. The fourth-order valence-electron chi connectivity index (χ4n) is 4.50. The van der Waals surface area contributed by atoms with Crippen LogP contribution >= 0.6 is 12.2 Å². The van der Waals surface area contributed by atoms with Gasteiger partial charge in [0.25, 0.3) is 0 Å². The zero-order chi connectivity index (χ0) is 23.6. The highest BCUT2D eigenvalue weighted by molar-refractivity contribution is 7.80. The lowest BCUT2D eigenvalue weighted by molar-refractivity contribution is -0.726. The Balaban J connectivity index is 1.81. The minimum Gasteiger partial charge on any atom is -0.460 e. The van der Waals surface area contributed by atoms with Crippen LogP contribution < -0.4 is 11.1 Å². The topological polar surface area (TPSA) is 103 Å². The zero-order valence-electron chi connectivity index (χ0n) is 19.2. The number of rotatable bonds is 6. The van der Waals surface area contributed by atoms with Crippen LogP contribution in [-0.2, 0) is 14.3 Å². The SMILES string of the molecule is CC[N+]12C=CN=C1C=CC(C1(C(N)=S)CCCCC1OC(=O)CNC(=O)OC(C)(C)C)=C2. The van der Waals surface area contributed by atoms with Gasteiger partial charge in [-0.2, -0.15) is 4.99 Å². The van der Waals surface area contributed by atoms with Gasteiger partial charge >= 0.3 is 12.1 Å². The molecule has 174 valence electrons. The summed E-state index contributed by atoms with van der Waals surface area (Å²) in [6, 6.07) is 0. The van der Waals surface area contributed by atoms with E-state index in [-0.39, 0.29) is 6.54 Å². The number of allylic oxidation sites excluding steroid dienone is 1. The van der Waals surface area contributed by atoms with Crippen LogP contribution in [0.4, 0.5) is 4.79 Å². The van der Waals surface area contributed by atoms with Gasteiger partial charge in [-0.25, -0.2) is 9.28 Å². The summed E-state index contributed by atoms with van der Waals surface area (Å²) >= 11 is 5.56. The van der Waals surface area contributed by atoms with E-state index in [4.69, 9.17) is 27.4 Å². The molecule has 0 saturated heterocycles. The average molecular weight is 462 g/mol. The third-order valence-electron chi connectivity index (χ3n) is 6.11. The number of nitrogens with zero attached hydrogens (tertiary/aromatic N) is 2. The molecule has 2 heterocycles. The van der Waals surface area contributed by atoms with Crippen LogP contribution in [-0.4, -0.2) is 52.2 Å². The van der Waals surface area contributed by atoms with E-state index in [2.05, 4.69) is 23.4 Å². The van der Waals surface area contributed by atoms with Crippen LogP contribution in [0.1, 0.15) is 53.4 Å². The molecule has 3 aliphatic rings. The minimum absolute atomic E-state index is 0.289. The molecule has 32 heavy (non-hydrogen) atoms. The van der Waals surface area contributed by atoms with Crippen molar-refractivity contribution in [2.24, 2.45) is 16.1 Å². The Morgan fingerprint density at radius 2 is 2.09 bits per heavy atom. The normalized spacial score (nSPS) is 28.9. The lowest BCUT2D eigenvalue weighted by Gasteiger charge is -2.44. The van der Waals surface area contributed by atoms with Crippen LogP contribution in [0, 0.1) is 5.41 Å². The number of aliphatic imine (C=N–C) groups is 1. The number of carbonyl (C=O) groups is 2. The van der Waals surface area contributed by atoms with Crippen LogP contribution in [0.3, 0.4) is 0 Å². The smallest absolute Gasteiger partial charge is 0.408 e. The van der Waals surface area contributed by atoms with Crippen molar-refractivity contribution in [2.75, 3.05) is 13.1 Å². The standard InChI is InChI=1S/C23H32N4O4S/c1-5-27-13-12-25-18(27)10-9-16(15-27)23(20(24)32)11-7-6-8-17(23)30-19(28)14-26-21(29)31-22(2,3)4/h9-10,12-13,15,17H,5-8,11,14H2,1-4H3,(H2-,24,26,29,32)/p+1. The van der Waals surface area contributed by atoms with Crippen molar-refractivity contribution in [1.82, 2.24) is 5.32 Å². The molecule has 3 unspecified atom stereocenters. The number of nitrogens with one attached hydrogen (secondary N) is 1. The van der Waals surface area contributed by atoms with E-state index < -0.39 is 29.2 Å². The second kappa shape index (κ2) is 9.15. The summed E-state index contributed by atoms with van der Waals surface area (Å²) in [6.45, 7) is 7.86. The van der Waals surface area contributed by atoms with E-state index in [1.807, 2.05) is 18.4 Å². The summed E-state index contributed by atoms with van der Waals surface area (Å²) in [7, 11) is 0. The van der Waals surface area contributed by atoms with Crippen molar-refractivity contribution in [3.63, 3.8) is 0 Å². The van der Waals surface area contributed by atoms with Crippen molar-refractivity contribution in [3.8, 4) is 0 Å². The Bertz CT molecular complexity index is 917. The Morgan fingerprint density at radius 3 is 2.75 bits per heavy atom. The van der Waals surface area contributed by atoms with Gasteiger partial charge in [-0.05, 0) is 53.0 Å². The van der Waals surface area contributed by atoms with Gasteiger partial charge in [0.05, 0.1) is 23.1 Å². The maximum absolute atomic E-state index is 12.6. The van der Waals surface area contributed by atoms with Gasteiger partial charge in [0.2, 0.25) is 5.84 Å². The number of likely N-dealkylation sites (N-methyl/N-ethyl adjacent to an activating group) is 1. The molecule has 9 heteroatoms. The molecule has 0 aromatic rings. The molecule has 1 aliphatic carbocycles. The fourth-order valence-corrected chi connectivity index (χ4v) is 4.85. The van der Waals surface area contributed by atoms with E-state index in [9.17, 15) is 9.59 Å². The van der Waals surface area contributed by atoms with Gasteiger partial charge in [-0.3, -0.25) is 4.79 Å². The molecule has 0 aromatic heterocycles. The highest BCUT2D eigenvalue weighted by atomic mass is 32.1. The van der Waals surface area contributed by atoms with Crippen molar-refractivity contribution in [2.45, 2.75) is 65.1 Å². The molecule has 0 aromatic carbocycles. The number of thiocarbonyl (C=S) groups is 1. The summed E-state index contributed by atoms with van der Waals surface area (Å²) in [4.78, 5) is 29.3. The van der Waals surface area contributed by atoms with Crippen LogP contribution in [0.2, 0.25) is 0 Å². The molecule has 1 amide bonds. The average Bonchev–Trinajstić information content (AvgIpc) is 3.15. The van der Waals surface area contributed by atoms with Crippen LogP contribution in [0.15, 0.2) is 41.3 Å². The number of esters is 1. The van der Waals surface area contributed by atoms with Crippen molar-refractivity contribution in [3.05, 3.63) is 36.3 Å². The van der Waals surface area contributed by atoms with Gasteiger partial charge in [0, 0.05) is 11.6 Å². The Labute approximate surface area is 194 Å². The third-order valence-corrected chi connectivity index (χ3v) is 6.48. The summed E-state index contributed by atoms with van der Waals surface area (Å²) in [5.74, 6) is 0.381. The Kier molecular flexibility index (Phi) is 6.90. The number of quaternary nitrogens is 1. The molecule has 0 bridgehead atoms. The zero-order valence-corrected chi connectivity index (χ0v) is 20.0. The quantitative estimate of drug-likeness (QED) is 0.357. The Hall–Kier alpha value is -2.52. The number of hydrogen-bond acceptors (Lipinski definition) is 6. The first-order chi connectivity index (χ1) is 15.0. The second-order valence-corrected chi connectivity index (χ2v) is 9.81. The van der Waals surface area contributed by atoms with Gasteiger partial charge < -0.3 is 20.5 Å². The van der Waals surface area contributed by atoms with Gasteiger partial charge in [0.15, 0.2) is 0 Å². The van der Waals surface area contributed by atoms with E-state index >= 15 is 0 Å². The fraction of sp³-hybridized carbons (Fsp3) is 0.565. The van der Waals surface area contributed by atoms with E-state index in [1.54, 1.807) is 27.0 Å². The lowest BCUT2D eigenvalue weighted by atomic mass is 9.66. The highest BCUT2D eigenvalue weighted by Gasteiger charge is 2.51. The number of hydrogen-bond donors (Lipinski definition) is 2. The molecule has 2 aliphatic heterocycles. The predicted octanol–water partition coefficient (Wildman–Crippen LogP) is 3.44. The number of fused-ring (bicyclic) bond motifs is 1. The number of amides is 1. The molecular weight excluding hydrogens is 428 g/mol. The second-order valence-electron chi connectivity index (χ2n) is 9.37. The van der Waals surface area contributed by atoms with Crippen LogP contribution in [0.5, 0.6) is 0 Å². The molecule has 0 spiro atoms. The van der Waals surface area contributed by atoms with E-state index in [0.717, 1.165) is 30.8 Å². The van der Waals surface area contributed by atoms with Gasteiger partial charge in [-0.1, -0.05) is 18.6 Å². The van der Waals surface area contributed by atoms with Crippen molar-refractivity contribution < 1.29 is 23.5 Å². The maximum Gasteiger partial charge on any atom is 0.408 e. The summed E-state index contributed by atoms with van der Waals surface area (Å²) in [5, 5.41) is 2.45. The van der Waals surface area contributed by atoms with E-state index in [1.165, 1.54) is 0 Å². The molecule has 3 rings (SSSR count). The number of carbonyl (C=O) groups excluding carboxylic acids is 2. The number of nitrogens with two attached hydrogens (primary N) is 1. The highest BCUT2D eigenvalue weighted by Crippen LogP contribution is 2.47. The minimum atomic E-state index is -0.770. The molecule has 1 saturated carbocycles. The number of amidine groups is 1. The van der Waals surface area contributed by atoms with Gasteiger partial charge in [-0.15, -0.1) is 0 Å². The van der Waals surface area contributed by atoms with E-state index in [0.29, 0.717) is 22.3 Å². The first-order valence-electron chi connectivity index (χ1n) is 11.0. The van der Waals surface area contributed by atoms with Crippen molar-refractivity contribution in [1.29, 1.82) is 0 Å². The molecule has 8 nitrogen and oxygen atoms in total. The third kappa shape index (κ3) is 4.78. The molecular formula is C23H33N4O4S+. The number of alkyl carbamates (subject to hydrolysis) is 1. The first-order valence-corrected chi connectivity index (χ1v) is 11.4. The van der Waals surface area contributed by atoms with Gasteiger partial charge in [0.1, 0.15) is 30.6 Å². The maximum atomic E-state index is 12.6. The monoisotopic (exact) mass is 461 g/mol. The summed E-state index contributed by atoms with van der Waals surface area (Å²) in [6.07, 6.45) is 11.9. The molecule has 3 atom stereocenters. The summed E-state index contributed by atoms with van der Waals surface area (Å²) in [5.41, 5.74) is 5.85. The van der Waals surface area contributed by atoms with Crippen molar-refractivity contribution >= 4 is 35.1 Å². The summed E-state index contributed by atoms with van der Waals surface area (Å²) < 4.78 is 11.5. The largest absolute Gasteiger partial charge is 0.460 e. The Morgan fingerprint density at radius 1 is 1.34 bits per heavy atom. The molecule has 3 N–H and O–H groups in total. The lowest BCUT2D eigenvalue weighted by Crippen LogP contribution is -2.53.